The Labute approximate surface area is 179 Å². The monoisotopic (exact) mass is 470 g/mol. The van der Waals surface area contributed by atoms with Gasteiger partial charge in [0.05, 0.1) is 23.1 Å². The van der Waals surface area contributed by atoms with Crippen LogP contribution in [0.4, 0.5) is 0 Å². The van der Waals surface area contributed by atoms with Gasteiger partial charge in [0.25, 0.3) is 0 Å². The van der Waals surface area contributed by atoms with Gasteiger partial charge in [-0.25, -0.2) is 16.8 Å². The lowest BCUT2D eigenvalue weighted by Gasteiger charge is -2.22. The maximum atomic E-state index is 13.3. The molecule has 0 unspecified atom stereocenters. The molecule has 0 amide bonds. The first-order valence-corrected chi connectivity index (χ1v) is 13.0. The molecule has 0 bridgehead atoms. The van der Waals surface area contributed by atoms with Gasteiger partial charge in [0.1, 0.15) is 20.8 Å². The highest BCUT2D eigenvalue weighted by Gasteiger charge is 2.35. The summed E-state index contributed by atoms with van der Waals surface area (Å²) in [6, 6.07) is 4.87. The van der Waals surface area contributed by atoms with Crippen molar-refractivity contribution in [1.29, 1.82) is 0 Å². The number of aryl methyl sites for hydroxylation is 2. The van der Waals surface area contributed by atoms with Crippen molar-refractivity contribution in [3.8, 4) is 0 Å². The van der Waals surface area contributed by atoms with E-state index in [1.54, 1.807) is 37.7 Å². The number of benzene rings is 1. The number of rotatable bonds is 4. The molecular weight excluding hydrogens is 448 g/mol. The van der Waals surface area contributed by atoms with E-state index in [9.17, 15) is 16.8 Å². The zero-order chi connectivity index (χ0) is 21.7. The van der Waals surface area contributed by atoms with Crippen LogP contribution in [-0.2, 0) is 27.1 Å². The number of sulfonamides is 2. The first-order chi connectivity index (χ1) is 14.1. The van der Waals surface area contributed by atoms with Crippen molar-refractivity contribution < 1.29 is 16.8 Å². The van der Waals surface area contributed by atoms with Crippen LogP contribution in [0.3, 0.4) is 0 Å². The van der Waals surface area contributed by atoms with E-state index in [1.165, 1.54) is 14.7 Å². The molecule has 10 nitrogen and oxygen atoms in total. The molecule has 13 heteroatoms. The summed E-state index contributed by atoms with van der Waals surface area (Å²) in [5.41, 5.74) is 1.87. The van der Waals surface area contributed by atoms with Crippen LogP contribution >= 0.6 is 11.7 Å². The second-order valence-corrected chi connectivity index (χ2v) is 11.5. The van der Waals surface area contributed by atoms with Crippen LogP contribution in [0, 0.1) is 13.8 Å². The predicted molar refractivity (Wildman–Crippen MR) is 112 cm³/mol. The van der Waals surface area contributed by atoms with Gasteiger partial charge in [-0.05, 0) is 32.4 Å². The predicted octanol–water partition coefficient (Wildman–Crippen LogP) is 1.13. The van der Waals surface area contributed by atoms with Crippen molar-refractivity contribution >= 4 is 42.8 Å². The van der Waals surface area contributed by atoms with Crippen molar-refractivity contribution in [3.63, 3.8) is 0 Å². The van der Waals surface area contributed by atoms with Crippen LogP contribution in [0.1, 0.15) is 17.8 Å². The normalized spacial score (nSPS) is 17.4. The molecular formula is C17H22N6O4S3. The maximum absolute atomic E-state index is 13.3. The van der Waals surface area contributed by atoms with E-state index in [0.717, 1.165) is 11.7 Å². The zero-order valence-corrected chi connectivity index (χ0v) is 19.3. The van der Waals surface area contributed by atoms with Crippen molar-refractivity contribution in [1.82, 2.24) is 27.1 Å². The molecule has 3 aromatic rings. The van der Waals surface area contributed by atoms with Gasteiger partial charge < -0.3 is 0 Å². The van der Waals surface area contributed by atoms with Crippen LogP contribution in [-0.4, -0.2) is 70.2 Å². The number of hydrogen-bond donors (Lipinski definition) is 0. The Balaban J connectivity index is 1.62. The molecule has 162 valence electrons. The van der Waals surface area contributed by atoms with Crippen LogP contribution in [0.25, 0.3) is 11.0 Å². The molecule has 4 rings (SSSR count). The van der Waals surface area contributed by atoms with Gasteiger partial charge >= 0.3 is 0 Å². The fraction of sp³-hybridized carbons (Fsp3) is 0.471. The largest absolute Gasteiger partial charge is 0.271 e. The molecule has 3 heterocycles. The van der Waals surface area contributed by atoms with Crippen molar-refractivity contribution in [3.05, 3.63) is 29.6 Å². The molecule has 0 aliphatic carbocycles. The molecule has 1 aliphatic heterocycles. The summed E-state index contributed by atoms with van der Waals surface area (Å²) in [6.07, 6.45) is 0.391. The average Bonchev–Trinajstić information content (AvgIpc) is 3.14. The molecule has 0 saturated carbocycles. The van der Waals surface area contributed by atoms with E-state index >= 15 is 0 Å². The van der Waals surface area contributed by atoms with Gasteiger partial charge in [-0.1, -0.05) is 6.07 Å². The van der Waals surface area contributed by atoms with Gasteiger partial charge in [-0.15, -0.1) is 0 Å². The Bertz CT molecular complexity index is 1310. The maximum Gasteiger partial charge on any atom is 0.246 e. The summed E-state index contributed by atoms with van der Waals surface area (Å²) in [6.45, 7) is 3.98. The minimum Gasteiger partial charge on any atom is -0.271 e. The van der Waals surface area contributed by atoms with Gasteiger partial charge in [0.15, 0.2) is 0 Å². The van der Waals surface area contributed by atoms with Crippen LogP contribution in [0.2, 0.25) is 0 Å². The molecule has 2 aromatic heterocycles. The molecule has 0 radical (unpaired) electrons. The molecule has 0 N–H and O–H groups in total. The second-order valence-electron chi connectivity index (χ2n) is 7.17. The molecule has 1 aliphatic rings. The van der Waals surface area contributed by atoms with Gasteiger partial charge in [0, 0.05) is 33.2 Å². The minimum absolute atomic E-state index is 0.0634. The molecule has 1 saturated heterocycles. The van der Waals surface area contributed by atoms with Crippen LogP contribution in [0.5, 0.6) is 0 Å². The molecule has 30 heavy (non-hydrogen) atoms. The smallest absolute Gasteiger partial charge is 0.246 e. The molecule has 0 atom stereocenters. The lowest BCUT2D eigenvalue weighted by atomic mass is 10.3. The Morgan fingerprint density at radius 2 is 1.60 bits per heavy atom. The SMILES string of the molecule is Cc1nn(C)c(C)c1S(=O)(=O)N1CCCN(S(=O)(=O)c2cccc3nsnc23)CC1. The lowest BCUT2D eigenvalue weighted by Crippen LogP contribution is -2.37. The Kier molecular flexibility index (Phi) is 5.43. The third-order valence-electron chi connectivity index (χ3n) is 5.32. The van der Waals surface area contributed by atoms with Gasteiger partial charge in [-0.2, -0.15) is 22.5 Å². The highest BCUT2D eigenvalue weighted by molar-refractivity contribution is 7.89. The van der Waals surface area contributed by atoms with Gasteiger partial charge in [-0.3, -0.25) is 4.68 Å². The number of aromatic nitrogens is 4. The first kappa shape index (κ1) is 21.3. The van der Waals surface area contributed by atoms with Gasteiger partial charge in [0.2, 0.25) is 20.0 Å². The third-order valence-corrected chi connectivity index (χ3v) is 9.95. The van der Waals surface area contributed by atoms with Crippen molar-refractivity contribution in [2.45, 2.75) is 30.1 Å². The molecule has 1 fully saturated rings. The Hall–Kier alpha value is -1.93. The summed E-state index contributed by atoms with van der Waals surface area (Å²) in [7, 11) is -5.90. The highest BCUT2D eigenvalue weighted by atomic mass is 32.2. The van der Waals surface area contributed by atoms with E-state index in [1.807, 2.05) is 0 Å². The summed E-state index contributed by atoms with van der Waals surface area (Å²) >= 11 is 0.962. The summed E-state index contributed by atoms with van der Waals surface area (Å²) in [4.78, 5) is 0.295. The summed E-state index contributed by atoms with van der Waals surface area (Å²) in [5, 5.41) is 4.21. The zero-order valence-electron chi connectivity index (χ0n) is 16.8. The topological polar surface area (TPSA) is 118 Å². The second kappa shape index (κ2) is 7.64. The third kappa shape index (κ3) is 3.43. The van der Waals surface area contributed by atoms with E-state index in [4.69, 9.17) is 0 Å². The van der Waals surface area contributed by atoms with E-state index < -0.39 is 20.0 Å². The fourth-order valence-corrected chi connectivity index (χ4v) is 7.83. The van der Waals surface area contributed by atoms with E-state index in [-0.39, 0.29) is 36.0 Å². The average molecular weight is 471 g/mol. The van der Waals surface area contributed by atoms with Crippen molar-refractivity contribution in [2.75, 3.05) is 26.2 Å². The molecule has 1 aromatic carbocycles. The summed E-state index contributed by atoms with van der Waals surface area (Å²) in [5.74, 6) is 0. The van der Waals surface area contributed by atoms with E-state index in [0.29, 0.717) is 28.8 Å². The van der Waals surface area contributed by atoms with Crippen LogP contribution < -0.4 is 0 Å². The van der Waals surface area contributed by atoms with Crippen LogP contribution in [0.15, 0.2) is 28.0 Å². The standard InChI is InChI=1S/C17H22N6O4S3/c1-12-17(13(2)21(3)18-12)30(26,27)23-9-5-8-22(10-11-23)29(24,25)15-7-4-6-14-16(15)20-28-19-14/h4,6-7H,5,8-11H2,1-3H3. The quantitative estimate of drug-likeness (QED) is 0.561. The number of nitrogens with zero attached hydrogens (tertiary/aromatic N) is 6. The molecule has 0 spiro atoms. The lowest BCUT2D eigenvalue weighted by molar-refractivity contribution is 0.404. The summed E-state index contributed by atoms with van der Waals surface area (Å²) < 4.78 is 65.5. The number of fused-ring (bicyclic) bond motifs is 1. The number of hydrogen-bond acceptors (Lipinski definition) is 8. The minimum atomic E-state index is -3.83. The Morgan fingerprint density at radius 3 is 2.23 bits per heavy atom. The highest BCUT2D eigenvalue weighted by Crippen LogP contribution is 2.27. The Morgan fingerprint density at radius 1 is 0.933 bits per heavy atom. The van der Waals surface area contributed by atoms with Crippen molar-refractivity contribution in [2.24, 2.45) is 7.05 Å². The van der Waals surface area contributed by atoms with E-state index in [2.05, 4.69) is 13.8 Å². The first-order valence-electron chi connectivity index (χ1n) is 9.36. The fourth-order valence-electron chi connectivity index (χ4n) is 3.74.